The SMILES string of the molecule is O=C(/C=N\N=P(c1ccccc1)(c1ccccc1)c1ccccc1)c1ccccc1. The Balaban J connectivity index is 1.92. The topological polar surface area (TPSA) is 41.8 Å². The van der Waals surface area contributed by atoms with E-state index in [1.54, 1.807) is 12.1 Å². The van der Waals surface area contributed by atoms with Crippen LogP contribution in [0.15, 0.2) is 131 Å². The Kier molecular flexibility index (Phi) is 6.12. The van der Waals surface area contributed by atoms with Crippen LogP contribution in [-0.2, 0) is 0 Å². The highest BCUT2D eigenvalue weighted by Crippen LogP contribution is 2.46. The van der Waals surface area contributed by atoms with Gasteiger partial charge in [0.25, 0.3) is 0 Å². The number of carbonyl (C=O) groups is 1. The van der Waals surface area contributed by atoms with Crippen LogP contribution in [0.5, 0.6) is 0 Å². The lowest BCUT2D eigenvalue weighted by Gasteiger charge is -2.25. The zero-order valence-electron chi connectivity index (χ0n) is 16.4. The minimum Gasteiger partial charge on any atom is -0.287 e. The van der Waals surface area contributed by atoms with Crippen molar-refractivity contribution >= 4 is 35.0 Å². The number of benzene rings is 4. The number of hydrogen-bond acceptors (Lipinski definition) is 2. The molecule has 0 radical (unpaired) electrons. The van der Waals surface area contributed by atoms with Crippen molar-refractivity contribution in [3.05, 3.63) is 127 Å². The standard InChI is InChI=1S/C26H21N2OP/c29-26(22-13-5-1-6-14-22)21-27-28-30(23-15-7-2-8-16-23,24-17-9-3-10-18-24)25-19-11-4-12-20-25/h1-21H/b27-21-. The molecule has 0 saturated carbocycles. The summed E-state index contributed by atoms with van der Waals surface area (Å²) in [5.74, 6) is -0.161. The number of Topliss-reactive ketones (excluding diaryl/α,β-unsaturated/α-hetero) is 1. The molecule has 0 aliphatic carbocycles. The third-order valence-electron chi connectivity index (χ3n) is 4.81. The highest BCUT2D eigenvalue weighted by molar-refractivity contribution is 7.87. The van der Waals surface area contributed by atoms with Crippen LogP contribution in [-0.4, -0.2) is 12.0 Å². The average molecular weight is 408 g/mol. The van der Waals surface area contributed by atoms with Gasteiger partial charge in [0.05, 0.1) is 13.3 Å². The lowest BCUT2D eigenvalue weighted by atomic mass is 10.1. The summed E-state index contributed by atoms with van der Waals surface area (Å²) in [5, 5.41) is 7.62. The van der Waals surface area contributed by atoms with Gasteiger partial charge in [0.2, 0.25) is 5.78 Å². The van der Waals surface area contributed by atoms with Gasteiger partial charge in [0.15, 0.2) is 0 Å². The molecule has 4 aromatic rings. The predicted molar refractivity (Wildman–Crippen MR) is 127 cm³/mol. The van der Waals surface area contributed by atoms with Crippen LogP contribution in [0.4, 0.5) is 0 Å². The van der Waals surface area contributed by atoms with Gasteiger partial charge in [0.1, 0.15) is 0 Å². The Bertz CT molecular complexity index is 1090. The summed E-state index contributed by atoms with van der Waals surface area (Å²) < 4.78 is 0. The zero-order chi connectivity index (χ0) is 20.7. The molecule has 0 bridgehead atoms. The second-order valence-corrected chi connectivity index (χ2v) is 9.71. The third-order valence-corrected chi connectivity index (χ3v) is 8.32. The molecular formula is C26H21N2OP. The lowest BCUT2D eigenvalue weighted by Crippen LogP contribution is -2.25. The van der Waals surface area contributed by atoms with E-state index < -0.39 is 7.05 Å². The zero-order valence-corrected chi connectivity index (χ0v) is 17.3. The number of ketones is 1. The molecule has 0 N–H and O–H groups in total. The van der Waals surface area contributed by atoms with Gasteiger partial charge in [-0.1, -0.05) is 121 Å². The van der Waals surface area contributed by atoms with Crippen molar-refractivity contribution in [2.24, 2.45) is 9.96 Å². The Morgan fingerprint density at radius 2 is 0.933 bits per heavy atom. The molecule has 4 aromatic carbocycles. The summed E-state index contributed by atoms with van der Waals surface area (Å²) in [6.07, 6.45) is 1.32. The summed E-state index contributed by atoms with van der Waals surface area (Å²) in [4.78, 5) is 17.4. The van der Waals surface area contributed by atoms with E-state index in [2.05, 4.69) is 41.5 Å². The van der Waals surface area contributed by atoms with Crippen LogP contribution in [0.25, 0.3) is 0 Å². The van der Waals surface area contributed by atoms with Gasteiger partial charge in [0, 0.05) is 21.5 Å². The molecule has 0 fully saturated rings. The molecule has 3 nitrogen and oxygen atoms in total. The number of nitrogens with zero attached hydrogens (tertiary/aromatic N) is 2. The molecular weight excluding hydrogens is 387 g/mol. The molecule has 0 amide bonds. The smallest absolute Gasteiger partial charge is 0.205 e. The molecule has 0 heterocycles. The van der Waals surface area contributed by atoms with Gasteiger partial charge in [-0.05, 0) is 0 Å². The van der Waals surface area contributed by atoms with Crippen LogP contribution in [0.3, 0.4) is 0 Å². The first-order chi connectivity index (χ1) is 14.8. The van der Waals surface area contributed by atoms with Crippen LogP contribution >= 0.6 is 7.05 Å². The monoisotopic (exact) mass is 408 g/mol. The molecule has 0 unspecified atom stereocenters. The van der Waals surface area contributed by atoms with Crippen molar-refractivity contribution in [2.75, 3.05) is 0 Å². The highest BCUT2D eigenvalue weighted by Gasteiger charge is 2.27. The van der Waals surface area contributed by atoms with Crippen molar-refractivity contribution in [3.8, 4) is 0 Å². The first-order valence-electron chi connectivity index (χ1n) is 9.71. The van der Waals surface area contributed by atoms with Gasteiger partial charge in [-0.2, -0.15) is 9.96 Å². The van der Waals surface area contributed by atoms with E-state index in [0.29, 0.717) is 5.56 Å². The van der Waals surface area contributed by atoms with E-state index in [1.165, 1.54) is 6.21 Å². The fraction of sp³-hybridized carbons (Fsp3) is 0. The summed E-state index contributed by atoms with van der Waals surface area (Å²) in [6, 6.07) is 39.8. The van der Waals surface area contributed by atoms with Crippen LogP contribution < -0.4 is 15.9 Å². The number of carbonyl (C=O) groups excluding carboxylic acids is 1. The largest absolute Gasteiger partial charge is 0.287 e. The first kappa shape index (κ1) is 19.8. The van der Waals surface area contributed by atoms with E-state index in [-0.39, 0.29) is 5.78 Å². The summed E-state index contributed by atoms with van der Waals surface area (Å²) in [7, 11) is -2.43. The van der Waals surface area contributed by atoms with E-state index >= 15 is 0 Å². The first-order valence-corrected chi connectivity index (χ1v) is 11.5. The molecule has 0 spiro atoms. The maximum atomic E-state index is 12.5. The van der Waals surface area contributed by atoms with Crippen molar-refractivity contribution in [1.29, 1.82) is 0 Å². The van der Waals surface area contributed by atoms with E-state index in [1.807, 2.05) is 72.8 Å². The van der Waals surface area contributed by atoms with E-state index in [9.17, 15) is 4.79 Å². The Morgan fingerprint density at radius 3 is 1.33 bits per heavy atom. The van der Waals surface area contributed by atoms with Crippen LogP contribution in [0.2, 0.25) is 0 Å². The normalized spacial score (nSPS) is 11.3. The van der Waals surface area contributed by atoms with Crippen molar-refractivity contribution in [1.82, 2.24) is 0 Å². The Hall–Kier alpha value is -3.55. The van der Waals surface area contributed by atoms with Crippen molar-refractivity contribution in [3.63, 3.8) is 0 Å². The van der Waals surface area contributed by atoms with Gasteiger partial charge < -0.3 is 0 Å². The summed E-state index contributed by atoms with van der Waals surface area (Å²) in [6.45, 7) is 0. The predicted octanol–water partition coefficient (Wildman–Crippen LogP) is 5.03. The highest BCUT2D eigenvalue weighted by atomic mass is 31.2. The molecule has 0 aliphatic heterocycles. The molecule has 4 rings (SSSR count). The summed E-state index contributed by atoms with van der Waals surface area (Å²) in [5.41, 5.74) is 0.597. The molecule has 30 heavy (non-hydrogen) atoms. The summed E-state index contributed by atoms with van der Waals surface area (Å²) >= 11 is 0. The third kappa shape index (κ3) is 4.07. The maximum absolute atomic E-state index is 12.5. The molecule has 146 valence electrons. The van der Waals surface area contributed by atoms with Crippen LogP contribution in [0, 0.1) is 0 Å². The molecule has 0 aromatic heterocycles. The number of hydrogen-bond donors (Lipinski definition) is 0. The second kappa shape index (κ2) is 9.30. The van der Waals surface area contributed by atoms with Gasteiger partial charge in [-0.15, -0.1) is 0 Å². The lowest BCUT2D eigenvalue weighted by molar-refractivity contribution is 0.107. The van der Waals surface area contributed by atoms with Gasteiger partial charge >= 0.3 is 0 Å². The Labute approximate surface area is 176 Å². The van der Waals surface area contributed by atoms with Gasteiger partial charge in [-0.25, -0.2) is 0 Å². The van der Waals surface area contributed by atoms with E-state index in [0.717, 1.165) is 15.9 Å². The minimum atomic E-state index is -2.43. The maximum Gasteiger partial charge on any atom is 0.205 e. The van der Waals surface area contributed by atoms with Crippen LogP contribution in [0.1, 0.15) is 10.4 Å². The molecule has 4 heteroatoms. The van der Waals surface area contributed by atoms with E-state index in [4.69, 9.17) is 4.85 Å². The number of rotatable bonds is 6. The minimum absolute atomic E-state index is 0.161. The fourth-order valence-electron chi connectivity index (χ4n) is 3.37. The average Bonchev–Trinajstić information content (AvgIpc) is 2.84. The second-order valence-electron chi connectivity index (χ2n) is 6.71. The quantitative estimate of drug-likeness (QED) is 0.191. The van der Waals surface area contributed by atoms with Crippen molar-refractivity contribution < 1.29 is 4.79 Å². The fourth-order valence-corrected chi connectivity index (χ4v) is 6.59. The van der Waals surface area contributed by atoms with Crippen molar-refractivity contribution in [2.45, 2.75) is 0 Å². The molecule has 0 aliphatic rings. The molecule has 0 saturated heterocycles. The van der Waals surface area contributed by atoms with Gasteiger partial charge in [-0.3, -0.25) is 4.79 Å². The Morgan fingerprint density at radius 1 is 0.567 bits per heavy atom. The molecule has 0 atom stereocenters.